The van der Waals surface area contributed by atoms with E-state index in [9.17, 15) is 0 Å². The highest BCUT2D eigenvalue weighted by molar-refractivity contribution is 5.42. The average molecular weight is 315 g/mol. The van der Waals surface area contributed by atoms with E-state index in [1.54, 1.807) is 7.11 Å². The largest absolute Gasteiger partial charge is 0.497 e. The molecule has 2 N–H and O–H groups in total. The second-order valence-electron chi connectivity index (χ2n) is 6.51. The summed E-state index contributed by atoms with van der Waals surface area (Å²) in [6.07, 6.45) is 4.90. The molecule has 2 aliphatic rings. The number of aromatic nitrogens is 2. The van der Waals surface area contributed by atoms with Gasteiger partial charge in [-0.05, 0) is 43.0 Å². The van der Waals surface area contributed by atoms with Crippen LogP contribution >= 0.6 is 0 Å². The van der Waals surface area contributed by atoms with E-state index in [0.717, 1.165) is 49.2 Å². The van der Waals surface area contributed by atoms with Crippen LogP contribution in [0.5, 0.6) is 11.5 Å². The summed E-state index contributed by atoms with van der Waals surface area (Å²) in [6.45, 7) is 0.540. The van der Waals surface area contributed by atoms with Gasteiger partial charge in [0.1, 0.15) is 18.1 Å². The van der Waals surface area contributed by atoms with Gasteiger partial charge in [0.2, 0.25) is 5.89 Å². The number of nitrogens with two attached hydrogens (primary N) is 1. The van der Waals surface area contributed by atoms with Crippen LogP contribution in [0.15, 0.2) is 22.7 Å². The van der Waals surface area contributed by atoms with E-state index < -0.39 is 5.54 Å². The summed E-state index contributed by atoms with van der Waals surface area (Å²) in [4.78, 5) is 4.59. The van der Waals surface area contributed by atoms with Crippen LogP contribution in [-0.4, -0.2) is 23.9 Å². The van der Waals surface area contributed by atoms with E-state index >= 15 is 0 Å². The van der Waals surface area contributed by atoms with E-state index in [4.69, 9.17) is 19.7 Å². The minimum atomic E-state index is -0.418. The molecule has 6 heteroatoms. The Kier molecular flexibility index (Phi) is 3.49. The van der Waals surface area contributed by atoms with Gasteiger partial charge >= 0.3 is 0 Å². The van der Waals surface area contributed by atoms with Crippen LogP contribution in [0.2, 0.25) is 0 Å². The molecular weight excluding hydrogens is 294 g/mol. The molecule has 1 atom stereocenters. The smallest absolute Gasteiger partial charge is 0.233 e. The Balaban J connectivity index is 1.56. The zero-order chi connectivity index (χ0) is 15.9. The molecule has 1 unspecified atom stereocenters. The van der Waals surface area contributed by atoms with Gasteiger partial charge in [0.15, 0.2) is 5.82 Å². The molecule has 1 aromatic carbocycles. The summed E-state index contributed by atoms with van der Waals surface area (Å²) in [7, 11) is 1.66. The molecule has 122 valence electrons. The second-order valence-corrected chi connectivity index (χ2v) is 6.51. The Morgan fingerprint density at radius 3 is 2.91 bits per heavy atom. The number of nitrogens with zero attached hydrogens (tertiary/aromatic N) is 2. The highest BCUT2D eigenvalue weighted by atomic mass is 16.5. The summed E-state index contributed by atoms with van der Waals surface area (Å²) in [5.41, 5.74) is 7.09. The molecule has 0 bridgehead atoms. The van der Waals surface area contributed by atoms with Gasteiger partial charge in [0.25, 0.3) is 0 Å². The fraction of sp³-hybridized carbons (Fsp3) is 0.529. The Bertz CT molecular complexity index is 707. The van der Waals surface area contributed by atoms with Crippen molar-refractivity contribution in [2.75, 3.05) is 13.7 Å². The molecule has 2 heterocycles. The van der Waals surface area contributed by atoms with Crippen molar-refractivity contribution in [2.45, 2.75) is 43.6 Å². The lowest BCUT2D eigenvalue weighted by Gasteiger charge is -2.23. The van der Waals surface area contributed by atoms with E-state index in [-0.39, 0.29) is 5.92 Å². The van der Waals surface area contributed by atoms with Crippen molar-refractivity contribution >= 4 is 0 Å². The number of hydrogen-bond donors (Lipinski definition) is 1. The molecule has 23 heavy (non-hydrogen) atoms. The van der Waals surface area contributed by atoms with Gasteiger partial charge in [-0.3, -0.25) is 0 Å². The minimum Gasteiger partial charge on any atom is -0.497 e. The summed E-state index contributed by atoms with van der Waals surface area (Å²) in [5, 5.41) is 4.14. The lowest BCUT2D eigenvalue weighted by atomic mass is 9.96. The van der Waals surface area contributed by atoms with E-state index in [1.165, 1.54) is 0 Å². The van der Waals surface area contributed by atoms with Gasteiger partial charge in [-0.15, -0.1) is 0 Å². The number of ether oxygens (including phenoxy) is 2. The minimum absolute atomic E-state index is 0.0564. The predicted octanol–water partition coefficient (Wildman–Crippen LogP) is 2.52. The van der Waals surface area contributed by atoms with Crippen LogP contribution in [0.1, 0.15) is 48.9 Å². The number of fused-ring (bicyclic) bond motifs is 1. The molecule has 2 aromatic rings. The van der Waals surface area contributed by atoms with Crippen LogP contribution in [-0.2, 0) is 12.0 Å². The van der Waals surface area contributed by atoms with Gasteiger partial charge in [-0.1, -0.05) is 18.0 Å². The molecule has 0 amide bonds. The topological polar surface area (TPSA) is 83.4 Å². The van der Waals surface area contributed by atoms with Crippen molar-refractivity contribution in [3.63, 3.8) is 0 Å². The Morgan fingerprint density at radius 1 is 1.30 bits per heavy atom. The highest BCUT2D eigenvalue weighted by Crippen LogP contribution is 2.37. The maximum Gasteiger partial charge on any atom is 0.233 e. The first-order valence-corrected chi connectivity index (χ1v) is 8.11. The summed E-state index contributed by atoms with van der Waals surface area (Å²) < 4.78 is 16.6. The Hall–Kier alpha value is -2.08. The third kappa shape index (κ3) is 2.57. The highest BCUT2D eigenvalue weighted by Gasteiger charge is 2.37. The first-order valence-electron chi connectivity index (χ1n) is 8.11. The molecule has 1 aromatic heterocycles. The van der Waals surface area contributed by atoms with Gasteiger partial charge < -0.3 is 19.7 Å². The molecule has 4 rings (SSSR count). The molecule has 1 aliphatic carbocycles. The SMILES string of the molecule is COc1ccc2c(c1)CC(c1nc(C3(N)CCCC3)no1)CO2. The van der Waals surface area contributed by atoms with Crippen molar-refractivity contribution < 1.29 is 14.0 Å². The quantitative estimate of drug-likeness (QED) is 0.937. The van der Waals surface area contributed by atoms with Gasteiger partial charge in [-0.25, -0.2) is 0 Å². The van der Waals surface area contributed by atoms with Crippen molar-refractivity contribution in [3.8, 4) is 11.5 Å². The lowest BCUT2D eigenvalue weighted by Crippen LogP contribution is -2.34. The van der Waals surface area contributed by atoms with Crippen LogP contribution in [0.3, 0.4) is 0 Å². The van der Waals surface area contributed by atoms with Gasteiger partial charge in [-0.2, -0.15) is 4.98 Å². The zero-order valence-corrected chi connectivity index (χ0v) is 13.2. The first-order chi connectivity index (χ1) is 11.2. The maximum atomic E-state index is 6.40. The summed E-state index contributed by atoms with van der Waals surface area (Å²) in [6, 6.07) is 5.85. The number of benzene rings is 1. The molecular formula is C17H21N3O3. The van der Waals surface area contributed by atoms with E-state index in [1.807, 2.05) is 18.2 Å². The third-order valence-corrected chi connectivity index (χ3v) is 4.91. The Morgan fingerprint density at radius 2 is 2.13 bits per heavy atom. The molecule has 1 aliphatic heterocycles. The lowest BCUT2D eigenvalue weighted by molar-refractivity contribution is 0.229. The molecule has 0 spiro atoms. The van der Waals surface area contributed by atoms with Crippen molar-refractivity contribution in [2.24, 2.45) is 5.73 Å². The molecule has 1 fully saturated rings. The number of methoxy groups -OCH3 is 1. The fourth-order valence-electron chi connectivity index (χ4n) is 3.49. The number of hydrogen-bond acceptors (Lipinski definition) is 6. The predicted molar refractivity (Wildman–Crippen MR) is 83.6 cm³/mol. The van der Waals surface area contributed by atoms with Crippen molar-refractivity contribution in [1.82, 2.24) is 10.1 Å². The molecule has 0 saturated heterocycles. The van der Waals surface area contributed by atoms with Crippen LogP contribution in [0, 0.1) is 0 Å². The molecule has 0 radical (unpaired) electrons. The van der Waals surface area contributed by atoms with Crippen molar-refractivity contribution in [3.05, 3.63) is 35.5 Å². The molecule has 6 nitrogen and oxygen atoms in total. The second kappa shape index (κ2) is 5.53. The average Bonchev–Trinajstić information content (AvgIpc) is 3.24. The monoisotopic (exact) mass is 315 g/mol. The van der Waals surface area contributed by atoms with Gasteiger partial charge in [0.05, 0.1) is 18.6 Å². The van der Waals surface area contributed by atoms with Gasteiger partial charge in [0, 0.05) is 0 Å². The zero-order valence-electron chi connectivity index (χ0n) is 13.2. The van der Waals surface area contributed by atoms with Crippen LogP contribution in [0.4, 0.5) is 0 Å². The van der Waals surface area contributed by atoms with Crippen LogP contribution in [0.25, 0.3) is 0 Å². The maximum absolute atomic E-state index is 6.40. The normalized spacial score (nSPS) is 22.4. The van der Waals surface area contributed by atoms with Crippen molar-refractivity contribution in [1.29, 1.82) is 0 Å². The summed E-state index contributed by atoms with van der Waals surface area (Å²) >= 11 is 0. The summed E-state index contributed by atoms with van der Waals surface area (Å²) in [5.74, 6) is 3.03. The standard InChI is InChI=1S/C17H21N3O3/c1-21-13-4-5-14-11(9-13)8-12(10-22-14)15-19-16(20-23-15)17(18)6-2-3-7-17/h4-5,9,12H,2-3,6-8,10,18H2,1H3. The van der Waals surface area contributed by atoms with E-state index in [0.29, 0.717) is 18.3 Å². The fourth-order valence-corrected chi connectivity index (χ4v) is 3.49. The van der Waals surface area contributed by atoms with E-state index in [2.05, 4.69) is 10.1 Å². The first kappa shape index (κ1) is 14.5. The third-order valence-electron chi connectivity index (χ3n) is 4.91. The van der Waals surface area contributed by atoms with Crippen LogP contribution < -0.4 is 15.2 Å². The number of rotatable bonds is 3. The Labute approximate surface area is 135 Å². The molecule has 1 saturated carbocycles.